The molecule has 0 radical (unpaired) electrons. The Morgan fingerprint density at radius 2 is 2.00 bits per heavy atom. The van der Waals surface area contributed by atoms with Gasteiger partial charge in [0.1, 0.15) is 11.3 Å². The van der Waals surface area contributed by atoms with Crippen molar-refractivity contribution in [2.24, 2.45) is 0 Å². The van der Waals surface area contributed by atoms with E-state index >= 15 is 0 Å². The van der Waals surface area contributed by atoms with Gasteiger partial charge >= 0.3 is 0 Å². The molecule has 0 aliphatic carbocycles. The second-order valence-electron chi connectivity index (χ2n) is 8.76. The molecular weight excluding hydrogens is 423 g/mol. The van der Waals surface area contributed by atoms with Gasteiger partial charge in [0.15, 0.2) is 11.5 Å². The first-order chi connectivity index (χ1) is 15.8. The topological polar surface area (TPSA) is 92.4 Å². The molecule has 172 valence electrons. The van der Waals surface area contributed by atoms with Gasteiger partial charge in [-0.2, -0.15) is 5.10 Å². The van der Waals surface area contributed by atoms with Crippen LogP contribution in [0.2, 0.25) is 0 Å². The molecule has 10 heteroatoms. The highest BCUT2D eigenvalue weighted by Gasteiger charge is 2.26. The van der Waals surface area contributed by atoms with Crippen molar-refractivity contribution in [1.82, 2.24) is 29.5 Å². The molecule has 0 unspecified atom stereocenters. The lowest BCUT2D eigenvalue weighted by Crippen LogP contribution is -2.54. The Labute approximate surface area is 190 Å². The summed E-state index contributed by atoms with van der Waals surface area (Å²) in [4.78, 5) is 24.3. The van der Waals surface area contributed by atoms with Gasteiger partial charge in [0.05, 0.1) is 22.3 Å². The molecule has 5 rings (SSSR count). The van der Waals surface area contributed by atoms with Crippen molar-refractivity contribution in [3.63, 3.8) is 0 Å². The normalized spacial score (nSPS) is 18.9. The van der Waals surface area contributed by atoms with Crippen molar-refractivity contribution in [1.29, 1.82) is 0 Å². The van der Waals surface area contributed by atoms with Crippen LogP contribution in [-0.2, 0) is 6.54 Å². The fourth-order valence-electron chi connectivity index (χ4n) is 4.57. The molecular formula is C23H27FN8O. The number of pyridine rings is 2. The second-order valence-corrected chi connectivity index (χ2v) is 8.76. The Bertz CT molecular complexity index is 1350. The van der Waals surface area contributed by atoms with Crippen molar-refractivity contribution in [2.45, 2.75) is 46.3 Å². The van der Waals surface area contributed by atoms with E-state index in [0.29, 0.717) is 41.1 Å². The molecule has 9 nitrogen and oxygen atoms in total. The predicted octanol–water partition coefficient (Wildman–Crippen LogP) is 2.99. The zero-order valence-electron chi connectivity index (χ0n) is 19.1. The van der Waals surface area contributed by atoms with Crippen LogP contribution in [0, 0.1) is 12.7 Å². The van der Waals surface area contributed by atoms with Crippen molar-refractivity contribution in [3.8, 4) is 0 Å². The first-order valence-corrected chi connectivity index (χ1v) is 11.2. The Morgan fingerprint density at radius 1 is 1.24 bits per heavy atom. The van der Waals surface area contributed by atoms with E-state index in [1.54, 1.807) is 29.9 Å². The van der Waals surface area contributed by atoms with E-state index in [9.17, 15) is 9.18 Å². The Kier molecular flexibility index (Phi) is 5.24. The van der Waals surface area contributed by atoms with E-state index in [-0.39, 0.29) is 5.65 Å². The number of fused-ring (bicyclic) bond motifs is 2. The minimum absolute atomic E-state index is 0.222. The van der Waals surface area contributed by atoms with Crippen molar-refractivity contribution in [2.75, 3.05) is 23.3 Å². The van der Waals surface area contributed by atoms with Gasteiger partial charge in [-0.05, 0) is 27.7 Å². The zero-order chi connectivity index (χ0) is 23.3. The molecule has 2 atom stereocenters. The van der Waals surface area contributed by atoms with Gasteiger partial charge in [-0.3, -0.25) is 9.48 Å². The summed E-state index contributed by atoms with van der Waals surface area (Å²) in [5, 5.41) is 11.8. The molecule has 4 aromatic rings. The van der Waals surface area contributed by atoms with E-state index in [4.69, 9.17) is 0 Å². The number of aryl methyl sites for hydroxylation is 2. The fraction of sp³-hybridized carbons (Fsp3) is 0.391. The van der Waals surface area contributed by atoms with Gasteiger partial charge in [0, 0.05) is 62.6 Å². The van der Waals surface area contributed by atoms with Crippen LogP contribution in [0.3, 0.4) is 0 Å². The smallest absolute Gasteiger partial charge is 0.259 e. The summed E-state index contributed by atoms with van der Waals surface area (Å²) < 4.78 is 17.8. The summed E-state index contributed by atoms with van der Waals surface area (Å²) in [6.07, 6.45) is 6.85. The van der Waals surface area contributed by atoms with E-state index in [0.717, 1.165) is 24.3 Å². The van der Waals surface area contributed by atoms with Crippen molar-refractivity contribution in [3.05, 3.63) is 47.9 Å². The third kappa shape index (κ3) is 3.91. The SMILES string of the molecule is CCn1cc2c(N3C[C@H](C)N[C@@H](C)C3)ncc(C(=O)Nc3cc(F)c4nc(C)cn4c3)c2n1. The monoisotopic (exact) mass is 450 g/mol. The number of carbonyl (C=O) groups excluding carboxylic acids is 1. The Morgan fingerprint density at radius 3 is 2.73 bits per heavy atom. The number of piperazine rings is 1. The molecule has 2 N–H and O–H groups in total. The lowest BCUT2D eigenvalue weighted by Gasteiger charge is -2.37. The third-order valence-electron chi connectivity index (χ3n) is 5.88. The maximum atomic E-state index is 14.5. The van der Waals surface area contributed by atoms with E-state index in [1.165, 1.54) is 6.07 Å². The highest BCUT2D eigenvalue weighted by Crippen LogP contribution is 2.28. The Balaban J connectivity index is 1.52. The van der Waals surface area contributed by atoms with E-state index in [1.807, 2.05) is 17.8 Å². The number of rotatable bonds is 4. The van der Waals surface area contributed by atoms with Gasteiger partial charge in [-0.25, -0.2) is 14.4 Å². The number of amides is 1. The van der Waals surface area contributed by atoms with Gasteiger partial charge in [-0.15, -0.1) is 0 Å². The summed E-state index contributed by atoms with van der Waals surface area (Å²) in [6.45, 7) is 10.4. The number of halogens is 1. The van der Waals surface area contributed by atoms with Crippen LogP contribution in [0.25, 0.3) is 16.6 Å². The fourth-order valence-corrected chi connectivity index (χ4v) is 4.57. The Hall–Kier alpha value is -3.53. The van der Waals surface area contributed by atoms with Crippen LogP contribution in [0.4, 0.5) is 15.9 Å². The predicted molar refractivity (Wildman–Crippen MR) is 125 cm³/mol. The number of hydrogen-bond acceptors (Lipinski definition) is 6. The molecule has 4 aromatic heterocycles. The number of anilines is 2. The van der Waals surface area contributed by atoms with E-state index in [2.05, 4.69) is 44.4 Å². The molecule has 0 aromatic carbocycles. The standard InChI is InChI=1S/C23H27FN8O/c1-5-32-12-18-20(29-32)17(7-25-21(18)30-8-13(2)26-14(3)9-30)23(33)28-16-6-19(24)22-27-15(4)10-31(22)11-16/h6-7,10-14,26H,5,8-9H2,1-4H3,(H,28,33)/t13-,14-/m0/s1. The second kappa shape index (κ2) is 8.11. The molecule has 1 fully saturated rings. The van der Waals surface area contributed by atoms with Crippen molar-refractivity contribution < 1.29 is 9.18 Å². The lowest BCUT2D eigenvalue weighted by atomic mass is 10.1. The highest BCUT2D eigenvalue weighted by molar-refractivity contribution is 6.13. The number of carbonyl (C=O) groups is 1. The quantitative estimate of drug-likeness (QED) is 0.497. The first kappa shape index (κ1) is 21.3. The largest absolute Gasteiger partial charge is 0.353 e. The van der Waals surface area contributed by atoms with Crippen LogP contribution in [0.1, 0.15) is 36.8 Å². The molecule has 0 bridgehead atoms. The molecule has 1 saturated heterocycles. The number of nitrogens with zero attached hydrogens (tertiary/aromatic N) is 6. The molecule has 1 aliphatic rings. The van der Waals surface area contributed by atoms with Crippen LogP contribution in [0.5, 0.6) is 0 Å². The number of nitrogens with one attached hydrogen (secondary N) is 2. The molecule has 1 amide bonds. The number of imidazole rings is 1. The average molecular weight is 451 g/mol. The third-order valence-corrected chi connectivity index (χ3v) is 5.88. The van der Waals surface area contributed by atoms with Gasteiger partial charge < -0.3 is 19.9 Å². The molecule has 0 saturated carbocycles. The summed E-state index contributed by atoms with van der Waals surface area (Å²) in [7, 11) is 0. The van der Waals surface area contributed by atoms with Crippen LogP contribution in [-0.4, -0.2) is 55.2 Å². The van der Waals surface area contributed by atoms with Gasteiger partial charge in [0.25, 0.3) is 5.91 Å². The lowest BCUT2D eigenvalue weighted by molar-refractivity contribution is 0.102. The maximum absolute atomic E-state index is 14.5. The number of hydrogen-bond donors (Lipinski definition) is 2. The van der Waals surface area contributed by atoms with Gasteiger partial charge in [0.2, 0.25) is 0 Å². The summed E-state index contributed by atoms with van der Waals surface area (Å²) in [6, 6.07) is 1.92. The highest BCUT2D eigenvalue weighted by atomic mass is 19.1. The number of aromatic nitrogens is 5. The molecule has 1 aliphatic heterocycles. The first-order valence-electron chi connectivity index (χ1n) is 11.2. The summed E-state index contributed by atoms with van der Waals surface area (Å²) in [5.74, 6) is -0.0717. The van der Waals surface area contributed by atoms with E-state index < -0.39 is 11.7 Å². The molecule has 0 spiro atoms. The molecule has 5 heterocycles. The maximum Gasteiger partial charge on any atom is 0.259 e. The van der Waals surface area contributed by atoms with Crippen LogP contribution in [0.15, 0.2) is 30.9 Å². The zero-order valence-corrected chi connectivity index (χ0v) is 19.1. The average Bonchev–Trinajstić information content (AvgIpc) is 3.35. The summed E-state index contributed by atoms with van der Waals surface area (Å²) >= 11 is 0. The van der Waals surface area contributed by atoms with Crippen LogP contribution >= 0.6 is 0 Å². The van der Waals surface area contributed by atoms with Crippen molar-refractivity contribution >= 4 is 34.0 Å². The van der Waals surface area contributed by atoms with Gasteiger partial charge in [-0.1, -0.05) is 0 Å². The van der Waals surface area contributed by atoms with Crippen LogP contribution < -0.4 is 15.5 Å². The minimum Gasteiger partial charge on any atom is -0.353 e. The summed E-state index contributed by atoms with van der Waals surface area (Å²) in [5.41, 5.74) is 2.18. The minimum atomic E-state index is -0.503. The molecule has 33 heavy (non-hydrogen) atoms.